The molecule has 0 aromatic heterocycles. The van der Waals surface area contributed by atoms with Gasteiger partial charge in [0, 0.05) is 33.2 Å². The Kier molecular flexibility index (Phi) is 8.56. The highest BCUT2D eigenvalue weighted by atomic mass is 35.5. The molecule has 0 bridgehead atoms. The van der Waals surface area contributed by atoms with Gasteiger partial charge in [-0.25, -0.2) is 0 Å². The van der Waals surface area contributed by atoms with Crippen molar-refractivity contribution < 1.29 is 9.53 Å². The lowest BCUT2D eigenvalue weighted by Gasteiger charge is -2.42. The van der Waals surface area contributed by atoms with E-state index in [0.717, 1.165) is 26.1 Å². The van der Waals surface area contributed by atoms with Crippen LogP contribution in [-0.2, 0) is 9.53 Å². The first-order valence-corrected chi connectivity index (χ1v) is 6.13. The molecular weight excluding hydrogens is 240 g/mol. The Morgan fingerprint density at radius 2 is 2.12 bits per heavy atom. The molecule has 0 aromatic carbocycles. The molecule has 0 atom stereocenters. The second-order valence-electron chi connectivity index (χ2n) is 4.73. The third-order valence-corrected chi connectivity index (χ3v) is 3.51. The molecule has 0 heterocycles. The molecule has 0 aromatic rings. The second kappa shape index (κ2) is 8.72. The minimum Gasteiger partial charge on any atom is -0.385 e. The van der Waals surface area contributed by atoms with Crippen molar-refractivity contribution in [2.24, 2.45) is 5.41 Å². The number of carbonyl (C=O) groups excluding carboxylic acids is 1. The summed E-state index contributed by atoms with van der Waals surface area (Å²) in [7, 11) is 3.59. The molecule has 1 saturated carbocycles. The van der Waals surface area contributed by atoms with E-state index >= 15 is 0 Å². The minimum absolute atomic E-state index is 0. The quantitative estimate of drug-likeness (QED) is 0.696. The van der Waals surface area contributed by atoms with Gasteiger partial charge < -0.3 is 15.4 Å². The summed E-state index contributed by atoms with van der Waals surface area (Å²) in [6.45, 7) is 2.36. The van der Waals surface area contributed by atoms with E-state index in [0.29, 0.717) is 11.8 Å². The van der Waals surface area contributed by atoms with Gasteiger partial charge in [0.2, 0.25) is 5.91 Å². The van der Waals surface area contributed by atoms with E-state index in [1.165, 1.54) is 19.3 Å². The van der Waals surface area contributed by atoms with Crippen molar-refractivity contribution in [1.29, 1.82) is 0 Å². The number of hydrogen-bond acceptors (Lipinski definition) is 3. The fourth-order valence-corrected chi connectivity index (χ4v) is 2.12. The molecule has 1 rings (SSSR count). The third-order valence-electron chi connectivity index (χ3n) is 3.51. The van der Waals surface area contributed by atoms with E-state index in [4.69, 9.17) is 4.74 Å². The standard InChI is InChI=1S/C12H24N2O2.ClH/c1-13-8-4-11(15)14-10-12(5-3-6-12)7-9-16-2;/h13H,3-10H2,1-2H3,(H,14,15);1H. The lowest BCUT2D eigenvalue weighted by Crippen LogP contribution is -2.43. The Morgan fingerprint density at radius 1 is 1.41 bits per heavy atom. The average Bonchev–Trinajstić information content (AvgIpc) is 2.24. The van der Waals surface area contributed by atoms with Crippen LogP contribution in [0.4, 0.5) is 0 Å². The highest BCUT2D eigenvalue weighted by Crippen LogP contribution is 2.43. The van der Waals surface area contributed by atoms with Crippen molar-refractivity contribution in [3.05, 3.63) is 0 Å². The number of rotatable bonds is 8. The highest BCUT2D eigenvalue weighted by molar-refractivity contribution is 5.85. The number of amides is 1. The summed E-state index contributed by atoms with van der Waals surface area (Å²) in [6.07, 6.45) is 5.37. The van der Waals surface area contributed by atoms with Gasteiger partial charge in [-0.2, -0.15) is 0 Å². The SMILES string of the molecule is CNCCC(=O)NCC1(CCOC)CCC1.Cl. The Labute approximate surface area is 110 Å². The van der Waals surface area contributed by atoms with E-state index in [1.54, 1.807) is 7.11 Å². The summed E-state index contributed by atoms with van der Waals surface area (Å²) in [4.78, 5) is 11.5. The van der Waals surface area contributed by atoms with Crippen LogP contribution in [0.1, 0.15) is 32.1 Å². The maximum atomic E-state index is 11.5. The number of hydrogen-bond donors (Lipinski definition) is 2. The molecule has 0 aliphatic heterocycles. The molecule has 2 N–H and O–H groups in total. The van der Waals surface area contributed by atoms with Crippen LogP contribution in [0.25, 0.3) is 0 Å². The van der Waals surface area contributed by atoms with Gasteiger partial charge in [0.25, 0.3) is 0 Å². The molecule has 5 heteroatoms. The number of halogens is 1. The summed E-state index contributed by atoms with van der Waals surface area (Å²) in [6, 6.07) is 0. The zero-order valence-electron chi connectivity index (χ0n) is 10.9. The van der Waals surface area contributed by atoms with Gasteiger partial charge in [-0.3, -0.25) is 4.79 Å². The monoisotopic (exact) mass is 264 g/mol. The fraction of sp³-hybridized carbons (Fsp3) is 0.917. The van der Waals surface area contributed by atoms with E-state index in [2.05, 4.69) is 10.6 Å². The predicted molar refractivity (Wildman–Crippen MR) is 71.6 cm³/mol. The average molecular weight is 265 g/mol. The Bertz CT molecular complexity index is 221. The Morgan fingerprint density at radius 3 is 2.59 bits per heavy atom. The van der Waals surface area contributed by atoms with Crippen molar-refractivity contribution in [3.8, 4) is 0 Å². The van der Waals surface area contributed by atoms with Crippen LogP contribution < -0.4 is 10.6 Å². The molecule has 1 fully saturated rings. The van der Waals surface area contributed by atoms with Gasteiger partial charge in [0.1, 0.15) is 0 Å². The first-order chi connectivity index (χ1) is 7.72. The van der Waals surface area contributed by atoms with Gasteiger partial charge in [-0.05, 0) is 31.7 Å². The molecule has 1 aliphatic rings. The molecular formula is C12H25ClN2O2. The lowest BCUT2D eigenvalue weighted by molar-refractivity contribution is -0.122. The zero-order chi connectivity index (χ0) is 11.9. The maximum Gasteiger partial charge on any atom is 0.221 e. The minimum atomic E-state index is 0. The van der Waals surface area contributed by atoms with E-state index < -0.39 is 0 Å². The summed E-state index contributed by atoms with van der Waals surface area (Å²) >= 11 is 0. The van der Waals surface area contributed by atoms with Crippen LogP contribution in [0, 0.1) is 5.41 Å². The second-order valence-corrected chi connectivity index (χ2v) is 4.73. The number of nitrogens with one attached hydrogen (secondary N) is 2. The number of ether oxygens (including phenoxy) is 1. The third kappa shape index (κ3) is 5.70. The molecule has 0 saturated heterocycles. The molecule has 0 spiro atoms. The number of carbonyl (C=O) groups is 1. The van der Waals surface area contributed by atoms with Gasteiger partial charge >= 0.3 is 0 Å². The summed E-state index contributed by atoms with van der Waals surface area (Å²) in [5.74, 6) is 0.151. The smallest absolute Gasteiger partial charge is 0.221 e. The summed E-state index contributed by atoms with van der Waals surface area (Å²) in [5, 5.41) is 6.01. The van der Waals surface area contributed by atoms with Gasteiger partial charge in [0.15, 0.2) is 0 Å². The normalized spacial score (nSPS) is 16.8. The summed E-state index contributed by atoms with van der Waals surface area (Å²) < 4.78 is 5.12. The largest absolute Gasteiger partial charge is 0.385 e. The summed E-state index contributed by atoms with van der Waals surface area (Å²) in [5.41, 5.74) is 0.325. The van der Waals surface area contributed by atoms with Crippen LogP contribution in [0.5, 0.6) is 0 Å². The van der Waals surface area contributed by atoms with Crippen molar-refractivity contribution in [3.63, 3.8) is 0 Å². The lowest BCUT2D eigenvalue weighted by atomic mass is 9.67. The maximum absolute atomic E-state index is 11.5. The molecule has 102 valence electrons. The van der Waals surface area contributed by atoms with E-state index in [1.807, 2.05) is 7.05 Å². The first kappa shape index (κ1) is 16.7. The molecule has 0 unspecified atom stereocenters. The van der Waals surface area contributed by atoms with Crippen LogP contribution in [0.3, 0.4) is 0 Å². The predicted octanol–water partition coefficient (Wildman–Crippen LogP) is 1.34. The molecule has 17 heavy (non-hydrogen) atoms. The van der Waals surface area contributed by atoms with E-state index in [9.17, 15) is 4.79 Å². The topological polar surface area (TPSA) is 50.4 Å². The van der Waals surface area contributed by atoms with Crippen LogP contribution >= 0.6 is 12.4 Å². The molecule has 1 amide bonds. The van der Waals surface area contributed by atoms with Crippen molar-refractivity contribution in [2.75, 3.05) is 33.9 Å². The van der Waals surface area contributed by atoms with Crippen LogP contribution in [0.2, 0.25) is 0 Å². The van der Waals surface area contributed by atoms with Crippen molar-refractivity contribution in [1.82, 2.24) is 10.6 Å². The van der Waals surface area contributed by atoms with Gasteiger partial charge in [-0.1, -0.05) is 6.42 Å². The molecule has 0 radical (unpaired) electrons. The van der Waals surface area contributed by atoms with Crippen LogP contribution in [-0.4, -0.2) is 39.8 Å². The molecule has 4 nitrogen and oxygen atoms in total. The highest BCUT2D eigenvalue weighted by Gasteiger charge is 2.36. The fourth-order valence-electron chi connectivity index (χ4n) is 2.12. The van der Waals surface area contributed by atoms with Gasteiger partial charge in [-0.15, -0.1) is 12.4 Å². The van der Waals surface area contributed by atoms with Gasteiger partial charge in [0.05, 0.1) is 0 Å². The van der Waals surface area contributed by atoms with Crippen LogP contribution in [0.15, 0.2) is 0 Å². The Balaban J connectivity index is 0.00000256. The van der Waals surface area contributed by atoms with Crippen molar-refractivity contribution in [2.45, 2.75) is 32.1 Å². The number of methoxy groups -OCH3 is 1. The molecule has 1 aliphatic carbocycles. The first-order valence-electron chi connectivity index (χ1n) is 6.13. The van der Waals surface area contributed by atoms with Crippen molar-refractivity contribution >= 4 is 18.3 Å². The zero-order valence-corrected chi connectivity index (χ0v) is 11.7. The Hall–Kier alpha value is -0.320. The van der Waals surface area contributed by atoms with E-state index in [-0.39, 0.29) is 18.3 Å².